The first-order chi connectivity index (χ1) is 14.8. The van der Waals surface area contributed by atoms with Crippen LogP contribution in [0.1, 0.15) is 21.5 Å². The monoisotopic (exact) mass is 458 g/mol. The van der Waals surface area contributed by atoms with Gasteiger partial charge in [-0.3, -0.25) is 4.79 Å². The van der Waals surface area contributed by atoms with Crippen LogP contribution in [0.5, 0.6) is 5.75 Å². The van der Waals surface area contributed by atoms with Gasteiger partial charge < -0.3 is 10.1 Å². The van der Waals surface area contributed by atoms with Crippen molar-refractivity contribution in [2.24, 2.45) is 0 Å². The summed E-state index contributed by atoms with van der Waals surface area (Å²) in [6, 6.07) is 21.3. The zero-order valence-electron chi connectivity index (χ0n) is 17.2. The van der Waals surface area contributed by atoms with Crippen LogP contribution in [0, 0.1) is 0 Å². The van der Waals surface area contributed by atoms with Gasteiger partial charge >= 0.3 is 0 Å². The summed E-state index contributed by atoms with van der Waals surface area (Å²) >= 11 is 6.14. The van der Waals surface area contributed by atoms with E-state index in [1.165, 1.54) is 32.3 Å². The molecule has 3 rings (SSSR count). The van der Waals surface area contributed by atoms with Crippen LogP contribution in [-0.2, 0) is 23.2 Å². The second-order valence-electron chi connectivity index (χ2n) is 7.03. The fraction of sp³-hybridized carbons (Fsp3) is 0.174. The van der Waals surface area contributed by atoms with Crippen molar-refractivity contribution in [3.8, 4) is 5.75 Å². The summed E-state index contributed by atoms with van der Waals surface area (Å²) in [4.78, 5) is 12.7. The van der Waals surface area contributed by atoms with Crippen molar-refractivity contribution in [3.63, 3.8) is 0 Å². The largest absolute Gasteiger partial charge is 0.489 e. The first-order valence-corrected chi connectivity index (χ1v) is 11.3. The van der Waals surface area contributed by atoms with Gasteiger partial charge in [0, 0.05) is 20.6 Å². The van der Waals surface area contributed by atoms with E-state index in [9.17, 15) is 13.2 Å². The third-order valence-corrected chi connectivity index (χ3v) is 6.70. The third kappa shape index (κ3) is 5.85. The maximum absolute atomic E-state index is 12.6. The summed E-state index contributed by atoms with van der Waals surface area (Å²) < 4.78 is 31.6. The van der Waals surface area contributed by atoms with Crippen molar-refractivity contribution in [3.05, 3.63) is 94.5 Å². The van der Waals surface area contributed by atoms with Crippen molar-refractivity contribution >= 4 is 27.5 Å². The number of hydrogen-bond donors (Lipinski definition) is 1. The quantitative estimate of drug-likeness (QED) is 0.551. The summed E-state index contributed by atoms with van der Waals surface area (Å²) in [6.45, 7) is 0.682. The highest BCUT2D eigenvalue weighted by Gasteiger charge is 2.20. The molecule has 1 N–H and O–H groups in total. The standard InChI is InChI=1S/C23H23ClN2O4S/c1-26(2)31(28,29)20-11-12-22(24)21(14-20)23(27)25-15-18-9-6-10-19(13-18)30-16-17-7-4-3-5-8-17/h3-14H,15-16H2,1-2H3,(H,25,27). The molecule has 0 radical (unpaired) electrons. The van der Waals surface area contributed by atoms with Gasteiger partial charge in [0.05, 0.1) is 15.5 Å². The number of nitrogens with zero attached hydrogens (tertiary/aromatic N) is 1. The smallest absolute Gasteiger partial charge is 0.253 e. The Kier molecular flexibility index (Phi) is 7.33. The molecule has 0 aliphatic heterocycles. The lowest BCUT2D eigenvalue weighted by atomic mass is 10.2. The minimum atomic E-state index is -3.67. The average Bonchev–Trinajstić information content (AvgIpc) is 2.77. The highest BCUT2D eigenvalue weighted by Crippen LogP contribution is 2.22. The van der Waals surface area contributed by atoms with E-state index < -0.39 is 15.9 Å². The number of carbonyl (C=O) groups is 1. The highest BCUT2D eigenvalue weighted by atomic mass is 35.5. The number of nitrogens with one attached hydrogen (secondary N) is 1. The zero-order valence-corrected chi connectivity index (χ0v) is 18.8. The van der Waals surface area contributed by atoms with Gasteiger partial charge in [0.25, 0.3) is 5.91 Å². The molecule has 0 saturated heterocycles. The van der Waals surface area contributed by atoms with E-state index in [0.717, 1.165) is 15.4 Å². The Balaban J connectivity index is 1.67. The van der Waals surface area contributed by atoms with E-state index in [2.05, 4.69) is 5.32 Å². The van der Waals surface area contributed by atoms with Crippen LogP contribution in [-0.4, -0.2) is 32.7 Å². The minimum absolute atomic E-state index is 0.00311. The molecule has 0 bridgehead atoms. The van der Waals surface area contributed by atoms with Crippen LogP contribution < -0.4 is 10.1 Å². The number of halogens is 1. The molecule has 0 heterocycles. The molecule has 162 valence electrons. The highest BCUT2D eigenvalue weighted by molar-refractivity contribution is 7.89. The first-order valence-electron chi connectivity index (χ1n) is 9.53. The third-order valence-electron chi connectivity index (χ3n) is 4.56. The predicted octanol–water partition coefficient (Wildman–Crippen LogP) is 4.10. The Bertz CT molecular complexity index is 1170. The molecule has 6 nitrogen and oxygen atoms in total. The molecule has 0 aliphatic carbocycles. The summed E-state index contributed by atoms with van der Waals surface area (Å²) in [5, 5.41) is 2.95. The fourth-order valence-electron chi connectivity index (χ4n) is 2.81. The van der Waals surface area contributed by atoms with E-state index in [0.29, 0.717) is 12.4 Å². The maximum Gasteiger partial charge on any atom is 0.253 e. The molecule has 3 aromatic carbocycles. The Morgan fingerprint density at radius 2 is 1.68 bits per heavy atom. The van der Waals surface area contributed by atoms with Crippen LogP contribution >= 0.6 is 11.6 Å². The van der Waals surface area contributed by atoms with Crippen molar-refractivity contribution in [2.75, 3.05) is 14.1 Å². The van der Waals surface area contributed by atoms with E-state index in [-0.39, 0.29) is 22.0 Å². The van der Waals surface area contributed by atoms with Gasteiger partial charge in [-0.05, 0) is 41.5 Å². The van der Waals surface area contributed by atoms with Gasteiger partial charge in [-0.25, -0.2) is 12.7 Å². The van der Waals surface area contributed by atoms with Crippen LogP contribution in [0.3, 0.4) is 0 Å². The summed E-state index contributed by atoms with van der Waals surface area (Å²) in [5.41, 5.74) is 2.00. The molecule has 0 atom stereocenters. The molecule has 0 aromatic heterocycles. The molecule has 1 amide bonds. The van der Waals surface area contributed by atoms with E-state index >= 15 is 0 Å². The lowest BCUT2D eigenvalue weighted by molar-refractivity contribution is 0.0950. The SMILES string of the molecule is CN(C)S(=O)(=O)c1ccc(Cl)c(C(=O)NCc2cccc(OCc3ccccc3)c2)c1. The first kappa shape index (κ1) is 22.8. The lowest BCUT2D eigenvalue weighted by Crippen LogP contribution is -2.25. The lowest BCUT2D eigenvalue weighted by Gasteiger charge is -2.13. The Morgan fingerprint density at radius 3 is 2.39 bits per heavy atom. The van der Waals surface area contributed by atoms with E-state index in [1.807, 2.05) is 54.6 Å². The van der Waals surface area contributed by atoms with Gasteiger partial charge in [-0.1, -0.05) is 54.1 Å². The Labute approximate surface area is 187 Å². The molecular weight excluding hydrogens is 436 g/mol. The van der Waals surface area contributed by atoms with Gasteiger partial charge in [0.1, 0.15) is 12.4 Å². The average molecular weight is 459 g/mol. The van der Waals surface area contributed by atoms with Crippen LogP contribution in [0.25, 0.3) is 0 Å². The Hall–Kier alpha value is -2.87. The number of hydrogen-bond acceptors (Lipinski definition) is 4. The van der Waals surface area contributed by atoms with Crippen LogP contribution in [0.2, 0.25) is 5.02 Å². The van der Waals surface area contributed by atoms with Crippen LogP contribution in [0.15, 0.2) is 77.7 Å². The van der Waals surface area contributed by atoms with Gasteiger partial charge in [-0.15, -0.1) is 0 Å². The molecule has 0 aliphatic rings. The number of amides is 1. The van der Waals surface area contributed by atoms with Crippen molar-refractivity contribution in [2.45, 2.75) is 18.0 Å². The van der Waals surface area contributed by atoms with Crippen LogP contribution in [0.4, 0.5) is 0 Å². The number of sulfonamides is 1. The number of rotatable bonds is 8. The number of ether oxygens (including phenoxy) is 1. The topological polar surface area (TPSA) is 75.7 Å². The maximum atomic E-state index is 12.6. The predicted molar refractivity (Wildman–Crippen MR) is 121 cm³/mol. The summed E-state index contributed by atoms with van der Waals surface area (Å²) in [7, 11) is -0.819. The van der Waals surface area contributed by atoms with E-state index in [4.69, 9.17) is 16.3 Å². The van der Waals surface area contributed by atoms with E-state index in [1.54, 1.807) is 0 Å². The van der Waals surface area contributed by atoms with Crippen molar-refractivity contribution in [1.82, 2.24) is 9.62 Å². The fourth-order valence-corrected chi connectivity index (χ4v) is 3.95. The molecular formula is C23H23ClN2O4S. The second-order valence-corrected chi connectivity index (χ2v) is 9.59. The normalized spacial score (nSPS) is 11.4. The molecule has 8 heteroatoms. The van der Waals surface area contributed by atoms with Crippen molar-refractivity contribution in [1.29, 1.82) is 0 Å². The van der Waals surface area contributed by atoms with Crippen molar-refractivity contribution < 1.29 is 17.9 Å². The summed E-state index contributed by atoms with van der Waals surface area (Å²) in [6.07, 6.45) is 0. The Morgan fingerprint density at radius 1 is 0.968 bits per heavy atom. The molecule has 3 aromatic rings. The molecule has 0 fully saturated rings. The summed E-state index contributed by atoms with van der Waals surface area (Å²) in [5.74, 6) is 0.226. The molecule has 31 heavy (non-hydrogen) atoms. The minimum Gasteiger partial charge on any atom is -0.489 e. The number of benzene rings is 3. The zero-order chi connectivity index (χ0) is 22.4. The molecule has 0 unspecified atom stereocenters. The molecule has 0 spiro atoms. The van der Waals surface area contributed by atoms with Gasteiger partial charge in [0.2, 0.25) is 10.0 Å². The number of carbonyl (C=O) groups excluding carboxylic acids is 1. The second kappa shape index (κ2) is 9.96. The van der Waals surface area contributed by atoms with Gasteiger partial charge in [0.15, 0.2) is 0 Å². The molecule has 0 saturated carbocycles. The van der Waals surface area contributed by atoms with Gasteiger partial charge in [-0.2, -0.15) is 0 Å².